The fourth-order valence-corrected chi connectivity index (χ4v) is 3.17. The van der Waals surface area contributed by atoms with E-state index in [0.717, 1.165) is 5.56 Å². The third-order valence-electron chi connectivity index (χ3n) is 4.06. The quantitative estimate of drug-likeness (QED) is 0.326. The molecule has 3 rings (SSSR count). The second-order valence-electron chi connectivity index (χ2n) is 6.21. The van der Waals surface area contributed by atoms with Crippen LogP contribution in [0.3, 0.4) is 0 Å². The largest absolute Gasteiger partial charge is 0.488 e. The molecular weight excluding hydrogens is 471 g/mol. The van der Waals surface area contributed by atoms with Crippen LogP contribution in [0.4, 0.5) is 10.1 Å². The molecule has 1 N–H and O–H groups in total. The maximum Gasteiger partial charge on any atom is 0.266 e. The minimum Gasteiger partial charge on any atom is -0.488 e. The van der Waals surface area contributed by atoms with Crippen molar-refractivity contribution >= 4 is 45.2 Å². The molecule has 0 spiro atoms. The van der Waals surface area contributed by atoms with Gasteiger partial charge in [0.1, 0.15) is 29.8 Å². The summed E-state index contributed by atoms with van der Waals surface area (Å²) in [6, 6.07) is 20.1. The number of nitrogens with zero attached hydrogens (tertiary/aromatic N) is 1. The van der Waals surface area contributed by atoms with E-state index in [-0.39, 0.29) is 11.3 Å². The Morgan fingerprint density at radius 1 is 1.17 bits per heavy atom. The van der Waals surface area contributed by atoms with Crippen LogP contribution in [-0.4, -0.2) is 5.91 Å². The summed E-state index contributed by atoms with van der Waals surface area (Å²) in [5.74, 6) is -0.661. The number of hydrogen-bond acceptors (Lipinski definition) is 3. The van der Waals surface area contributed by atoms with E-state index < -0.39 is 11.7 Å². The Kier molecular flexibility index (Phi) is 7.23. The Hall–Kier alpha value is -3.14. The number of rotatable bonds is 6. The lowest BCUT2D eigenvalue weighted by Gasteiger charge is -2.09. The molecule has 3 aromatic carbocycles. The standard InChI is InChI=1S/C23H15BrClFN2O2/c24-19-12-16(7-10-22(19)30-14-15-5-8-18(25)9-6-15)11-17(13-27)23(29)28-21-4-2-1-3-20(21)26/h1-12H,14H2,(H,28,29)/b17-11-. The molecule has 0 aromatic heterocycles. The summed E-state index contributed by atoms with van der Waals surface area (Å²) in [6.07, 6.45) is 1.42. The van der Waals surface area contributed by atoms with Crippen LogP contribution < -0.4 is 10.1 Å². The van der Waals surface area contributed by atoms with Crippen LogP contribution in [0.15, 0.2) is 76.8 Å². The number of ether oxygens (including phenoxy) is 1. The van der Waals surface area contributed by atoms with E-state index >= 15 is 0 Å². The number of benzene rings is 3. The molecule has 0 atom stereocenters. The average Bonchev–Trinajstić information content (AvgIpc) is 2.74. The first-order chi connectivity index (χ1) is 14.5. The zero-order valence-electron chi connectivity index (χ0n) is 15.5. The zero-order chi connectivity index (χ0) is 21.5. The van der Waals surface area contributed by atoms with Gasteiger partial charge in [-0.25, -0.2) is 4.39 Å². The molecule has 0 aliphatic carbocycles. The monoisotopic (exact) mass is 484 g/mol. The summed E-state index contributed by atoms with van der Waals surface area (Å²) < 4.78 is 20.2. The van der Waals surface area contributed by atoms with Gasteiger partial charge in [0.15, 0.2) is 0 Å². The summed E-state index contributed by atoms with van der Waals surface area (Å²) in [5, 5.41) is 12.4. The van der Waals surface area contributed by atoms with Crippen molar-refractivity contribution in [1.29, 1.82) is 5.26 Å². The van der Waals surface area contributed by atoms with Crippen molar-refractivity contribution < 1.29 is 13.9 Å². The molecule has 0 saturated heterocycles. The molecule has 0 saturated carbocycles. The highest BCUT2D eigenvalue weighted by atomic mass is 79.9. The third-order valence-corrected chi connectivity index (χ3v) is 4.93. The van der Waals surface area contributed by atoms with E-state index in [1.807, 2.05) is 18.2 Å². The summed E-state index contributed by atoms with van der Waals surface area (Å²) in [4.78, 5) is 12.3. The van der Waals surface area contributed by atoms with Crippen molar-refractivity contribution in [3.63, 3.8) is 0 Å². The second kappa shape index (κ2) is 10.1. The Morgan fingerprint density at radius 3 is 2.57 bits per heavy atom. The van der Waals surface area contributed by atoms with Gasteiger partial charge < -0.3 is 10.1 Å². The molecule has 0 aliphatic heterocycles. The number of anilines is 1. The molecule has 1 amide bonds. The van der Waals surface area contributed by atoms with Crippen molar-refractivity contribution in [2.75, 3.05) is 5.32 Å². The summed E-state index contributed by atoms with van der Waals surface area (Å²) in [6.45, 7) is 0.361. The number of nitriles is 1. The maximum atomic E-state index is 13.7. The molecule has 150 valence electrons. The van der Waals surface area contributed by atoms with Gasteiger partial charge in [0, 0.05) is 5.02 Å². The van der Waals surface area contributed by atoms with Gasteiger partial charge in [-0.3, -0.25) is 4.79 Å². The topological polar surface area (TPSA) is 62.1 Å². The first-order valence-electron chi connectivity index (χ1n) is 8.81. The van der Waals surface area contributed by atoms with E-state index in [4.69, 9.17) is 16.3 Å². The first kappa shape index (κ1) is 21.6. The van der Waals surface area contributed by atoms with Gasteiger partial charge in [0.2, 0.25) is 0 Å². The highest BCUT2D eigenvalue weighted by Gasteiger charge is 2.12. The highest BCUT2D eigenvalue weighted by Crippen LogP contribution is 2.28. The van der Waals surface area contributed by atoms with Crippen LogP contribution in [0.1, 0.15) is 11.1 Å². The first-order valence-corrected chi connectivity index (χ1v) is 9.98. The predicted octanol–water partition coefficient (Wildman–Crippen LogP) is 6.37. The van der Waals surface area contributed by atoms with Crippen molar-refractivity contribution in [2.24, 2.45) is 0 Å². The number of nitrogens with one attached hydrogen (secondary N) is 1. The highest BCUT2D eigenvalue weighted by molar-refractivity contribution is 9.10. The van der Waals surface area contributed by atoms with Crippen LogP contribution in [-0.2, 0) is 11.4 Å². The van der Waals surface area contributed by atoms with Crippen LogP contribution in [0, 0.1) is 17.1 Å². The lowest BCUT2D eigenvalue weighted by atomic mass is 10.1. The lowest BCUT2D eigenvalue weighted by molar-refractivity contribution is -0.112. The fourth-order valence-electron chi connectivity index (χ4n) is 2.53. The SMILES string of the molecule is N#C/C(=C/c1ccc(OCc2ccc(Cl)cc2)c(Br)c1)C(=O)Nc1ccccc1F. The summed E-state index contributed by atoms with van der Waals surface area (Å²) >= 11 is 9.31. The maximum absolute atomic E-state index is 13.7. The number of halogens is 3. The number of amides is 1. The van der Waals surface area contributed by atoms with E-state index in [9.17, 15) is 14.4 Å². The Bertz CT molecular complexity index is 1140. The second-order valence-corrected chi connectivity index (χ2v) is 7.50. The van der Waals surface area contributed by atoms with Gasteiger partial charge >= 0.3 is 0 Å². The number of hydrogen-bond donors (Lipinski definition) is 1. The predicted molar refractivity (Wildman–Crippen MR) is 119 cm³/mol. The van der Waals surface area contributed by atoms with Crippen molar-refractivity contribution in [3.8, 4) is 11.8 Å². The van der Waals surface area contributed by atoms with E-state index in [1.165, 1.54) is 24.3 Å². The van der Waals surface area contributed by atoms with E-state index in [0.29, 0.717) is 27.4 Å². The van der Waals surface area contributed by atoms with Crippen molar-refractivity contribution in [1.82, 2.24) is 0 Å². The Balaban J connectivity index is 1.71. The third kappa shape index (κ3) is 5.69. The molecule has 30 heavy (non-hydrogen) atoms. The Morgan fingerprint density at radius 2 is 1.90 bits per heavy atom. The van der Waals surface area contributed by atoms with Crippen LogP contribution in [0.2, 0.25) is 5.02 Å². The molecule has 0 unspecified atom stereocenters. The van der Waals surface area contributed by atoms with Gasteiger partial charge in [-0.2, -0.15) is 5.26 Å². The van der Waals surface area contributed by atoms with Gasteiger partial charge in [-0.15, -0.1) is 0 Å². The van der Waals surface area contributed by atoms with Gasteiger partial charge in [0.05, 0.1) is 10.2 Å². The van der Waals surface area contributed by atoms with Crippen LogP contribution >= 0.6 is 27.5 Å². The van der Waals surface area contributed by atoms with Crippen LogP contribution in [0.25, 0.3) is 6.08 Å². The van der Waals surface area contributed by atoms with E-state index in [2.05, 4.69) is 21.2 Å². The Labute approximate surface area is 186 Å². The molecule has 0 radical (unpaired) electrons. The summed E-state index contributed by atoms with van der Waals surface area (Å²) in [5.41, 5.74) is 1.43. The lowest BCUT2D eigenvalue weighted by Crippen LogP contribution is -2.14. The average molecular weight is 486 g/mol. The number of carbonyl (C=O) groups is 1. The molecule has 0 fully saturated rings. The normalized spacial score (nSPS) is 10.9. The number of carbonyl (C=O) groups excluding carboxylic acids is 1. The van der Waals surface area contributed by atoms with Crippen molar-refractivity contribution in [2.45, 2.75) is 6.61 Å². The van der Waals surface area contributed by atoms with Gasteiger partial charge in [-0.05, 0) is 69.5 Å². The van der Waals surface area contributed by atoms with Crippen LogP contribution in [0.5, 0.6) is 5.75 Å². The molecule has 3 aromatic rings. The summed E-state index contributed by atoms with van der Waals surface area (Å²) in [7, 11) is 0. The molecule has 7 heteroatoms. The van der Waals surface area contributed by atoms with Gasteiger partial charge in [-0.1, -0.05) is 41.9 Å². The van der Waals surface area contributed by atoms with Gasteiger partial charge in [0.25, 0.3) is 5.91 Å². The zero-order valence-corrected chi connectivity index (χ0v) is 17.9. The molecule has 0 bridgehead atoms. The number of para-hydroxylation sites is 1. The van der Waals surface area contributed by atoms with Crippen molar-refractivity contribution in [3.05, 3.63) is 98.7 Å². The minimum absolute atomic E-state index is 0.00998. The van der Waals surface area contributed by atoms with E-state index in [1.54, 1.807) is 36.4 Å². The fraction of sp³-hybridized carbons (Fsp3) is 0.0435. The molecule has 0 aliphatic rings. The molecule has 4 nitrogen and oxygen atoms in total. The smallest absolute Gasteiger partial charge is 0.266 e. The minimum atomic E-state index is -0.693. The molecule has 0 heterocycles. The molecular formula is C23H15BrClFN2O2.